The van der Waals surface area contributed by atoms with E-state index in [0.717, 1.165) is 17.9 Å². The number of piperazine rings is 1. The second kappa shape index (κ2) is 9.27. The van der Waals surface area contributed by atoms with Gasteiger partial charge in [0.25, 0.3) is 0 Å². The van der Waals surface area contributed by atoms with Crippen molar-refractivity contribution in [3.05, 3.63) is 0 Å². The van der Waals surface area contributed by atoms with E-state index in [1.165, 1.54) is 77.5 Å². The van der Waals surface area contributed by atoms with Crippen LogP contribution in [0.3, 0.4) is 0 Å². The molecule has 2 fully saturated rings. The average Bonchev–Trinajstić information content (AvgIpc) is 2.49. The van der Waals surface area contributed by atoms with Crippen molar-refractivity contribution >= 4 is 0 Å². The lowest BCUT2D eigenvalue weighted by molar-refractivity contribution is 0.0584. The number of hydrogen-bond acceptors (Lipinski definition) is 2. The fraction of sp³-hybridized carbons (Fsp3) is 1.00. The van der Waals surface area contributed by atoms with E-state index in [2.05, 4.69) is 37.5 Å². The molecule has 2 aliphatic rings. The molecule has 1 saturated carbocycles. The summed E-state index contributed by atoms with van der Waals surface area (Å²) in [5, 5.41) is 0. The largest absolute Gasteiger partial charge is 0.301 e. The van der Waals surface area contributed by atoms with Crippen LogP contribution in [0.25, 0.3) is 0 Å². The molecule has 130 valence electrons. The Morgan fingerprint density at radius 1 is 0.955 bits per heavy atom. The van der Waals surface area contributed by atoms with Gasteiger partial charge >= 0.3 is 0 Å². The lowest BCUT2D eigenvalue weighted by Crippen LogP contribution is -2.54. The van der Waals surface area contributed by atoms with Crippen molar-refractivity contribution in [1.82, 2.24) is 9.80 Å². The Bertz CT molecular complexity index is 294. The van der Waals surface area contributed by atoms with Crippen LogP contribution < -0.4 is 0 Å². The highest BCUT2D eigenvalue weighted by molar-refractivity contribution is 4.81. The van der Waals surface area contributed by atoms with Gasteiger partial charge in [-0.1, -0.05) is 45.4 Å². The Kier molecular flexibility index (Phi) is 7.70. The number of nitrogens with zero attached hydrogens (tertiary/aromatic N) is 2. The van der Waals surface area contributed by atoms with Gasteiger partial charge in [-0.25, -0.2) is 0 Å². The zero-order valence-corrected chi connectivity index (χ0v) is 15.7. The Balaban J connectivity index is 1.58. The van der Waals surface area contributed by atoms with Gasteiger partial charge < -0.3 is 4.90 Å². The van der Waals surface area contributed by atoms with Gasteiger partial charge in [0.05, 0.1) is 0 Å². The topological polar surface area (TPSA) is 6.48 Å². The summed E-state index contributed by atoms with van der Waals surface area (Å²) < 4.78 is 0. The van der Waals surface area contributed by atoms with E-state index in [4.69, 9.17) is 0 Å². The average molecular weight is 309 g/mol. The minimum Gasteiger partial charge on any atom is -0.301 e. The molecule has 0 aromatic heterocycles. The molecule has 2 heteroatoms. The molecule has 2 nitrogen and oxygen atoms in total. The second-order valence-electron chi connectivity index (χ2n) is 8.30. The first-order valence-electron chi connectivity index (χ1n) is 10.1. The van der Waals surface area contributed by atoms with Crippen molar-refractivity contribution in [1.29, 1.82) is 0 Å². The molecular formula is C20H40N2. The van der Waals surface area contributed by atoms with Crippen molar-refractivity contribution < 1.29 is 0 Å². The van der Waals surface area contributed by atoms with E-state index < -0.39 is 0 Å². The smallest absolute Gasteiger partial charge is 0.0198 e. The van der Waals surface area contributed by atoms with Crippen LogP contribution in [-0.4, -0.2) is 48.1 Å². The lowest BCUT2D eigenvalue weighted by atomic mass is 9.78. The predicted molar refractivity (Wildman–Crippen MR) is 97.3 cm³/mol. The molecule has 22 heavy (non-hydrogen) atoms. The highest BCUT2D eigenvalue weighted by atomic mass is 15.3. The lowest BCUT2D eigenvalue weighted by Gasteiger charge is -2.42. The normalized spacial score (nSPS) is 31.8. The van der Waals surface area contributed by atoms with Crippen LogP contribution in [0.1, 0.15) is 79.1 Å². The van der Waals surface area contributed by atoms with Crippen molar-refractivity contribution in [2.24, 2.45) is 11.8 Å². The van der Waals surface area contributed by atoms with Crippen LogP contribution in [0.15, 0.2) is 0 Å². The molecule has 2 rings (SSSR count). The third-order valence-electron chi connectivity index (χ3n) is 6.18. The van der Waals surface area contributed by atoms with Crippen molar-refractivity contribution in [3.8, 4) is 0 Å². The summed E-state index contributed by atoms with van der Waals surface area (Å²) in [7, 11) is 0. The number of rotatable bonds is 7. The van der Waals surface area contributed by atoms with E-state index in [1.807, 2.05) is 0 Å². The van der Waals surface area contributed by atoms with Gasteiger partial charge in [0.15, 0.2) is 0 Å². The minimum atomic E-state index is 0.704. The Hall–Kier alpha value is -0.0800. The van der Waals surface area contributed by atoms with Gasteiger partial charge in [-0.3, -0.25) is 4.90 Å². The van der Waals surface area contributed by atoms with Gasteiger partial charge in [0, 0.05) is 31.7 Å². The molecule has 1 unspecified atom stereocenters. The zero-order chi connectivity index (χ0) is 15.9. The van der Waals surface area contributed by atoms with E-state index in [9.17, 15) is 0 Å². The molecule has 0 N–H and O–H groups in total. The maximum absolute atomic E-state index is 2.71. The van der Waals surface area contributed by atoms with Gasteiger partial charge in [0.2, 0.25) is 0 Å². The van der Waals surface area contributed by atoms with Crippen molar-refractivity contribution in [2.75, 3.05) is 26.2 Å². The predicted octanol–water partition coefficient (Wildman–Crippen LogP) is 4.79. The van der Waals surface area contributed by atoms with E-state index in [-0.39, 0.29) is 0 Å². The van der Waals surface area contributed by atoms with Crippen LogP contribution in [0.5, 0.6) is 0 Å². The molecule has 1 atom stereocenters. The Morgan fingerprint density at radius 2 is 1.59 bits per heavy atom. The highest BCUT2D eigenvalue weighted by Crippen LogP contribution is 2.33. The van der Waals surface area contributed by atoms with Crippen LogP contribution in [0, 0.1) is 11.8 Å². The molecule has 0 amide bonds. The molecule has 0 aromatic carbocycles. The third kappa shape index (κ3) is 5.53. The van der Waals surface area contributed by atoms with Gasteiger partial charge in [-0.15, -0.1) is 0 Å². The van der Waals surface area contributed by atoms with E-state index in [0.29, 0.717) is 6.04 Å². The third-order valence-corrected chi connectivity index (χ3v) is 6.18. The summed E-state index contributed by atoms with van der Waals surface area (Å²) in [6.45, 7) is 14.6. The fourth-order valence-electron chi connectivity index (χ4n) is 4.84. The first-order valence-corrected chi connectivity index (χ1v) is 10.1. The van der Waals surface area contributed by atoms with Crippen LogP contribution in [0.4, 0.5) is 0 Å². The molecule has 1 aliphatic heterocycles. The number of hydrogen-bond donors (Lipinski definition) is 0. The fourth-order valence-corrected chi connectivity index (χ4v) is 4.84. The van der Waals surface area contributed by atoms with Crippen LogP contribution in [0.2, 0.25) is 0 Å². The van der Waals surface area contributed by atoms with Crippen LogP contribution in [-0.2, 0) is 0 Å². The van der Waals surface area contributed by atoms with Gasteiger partial charge in [-0.2, -0.15) is 0 Å². The molecule has 0 spiro atoms. The Labute approximate surface area is 139 Å². The van der Waals surface area contributed by atoms with Crippen molar-refractivity contribution in [2.45, 2.75) is 91.1 Å². The van der Waals surface area contributed by atoms with Gasteiger partial charge in [0.1, 0.15) is 0 Å². The first kappa shape index (κ1) is 18.3. The highest BCUT2D eigenvalue weighted by Gasteiger charge is 2.25. The standard InChI is InChI=1S/C20H40N2/c1-5-7-19-9-11-20(12-10-19)8-6-13-21-14-15-22(17(2)3)18(4)16-21/h17-20H,5-16H2,1-4H3. The summed E-state index contributed by atoms with van der Waals surface area (Å²) >= 11 is 0. The zero-order valence-electron chi connectivity index (χ0n) is 15.7. The molecule has 0 radical (unpaired) electrons. The first-order chi connectivity index (χ1) is 10.6. The SMILES string of the molecule is CCCC1CCC(CCCN2CCN(C(C)C)C(C)C2)CC1. The monoisotopic (exact) mass is 308 g/mol. The maximum atomic E-state index is 2.71. The molecule has 1 aliphatic carbocycles. The molecule has 1 saturated heterocycles. The quantitative estimate of drug-likeness (QED) is 0.667. The van der Waals surface area contributed by atoms with E-state index >= 15 is 0 Å². The summed E-state index contributed by atoms with van der Waals surface area (Å²) in [6, 6.07) is 1.44. The summed E-state index contributed by atoms with van der Waals surface area (Å²) in [5.74, 6) is 2.11. The minimum absolute atomic E-state index is 0.704. The van der Waals surface area contributed by atoms with Crippen molar-refractivity contribution in [3.63, 3.8) is 0 Å². The summed E-state index contributed by atoms with van der Waals surface area (Å²) in [6.07, 6.45) is 11.8. The van der Waals surface area contributed by atoms with Crippen LogP contribution >= 0.6 is 0 Å². The summed E-state index contributed by atoms with van der Waals surface area (Å²) in [5.41, 5.74) is 0. The second-order valence-corrected chi connectivity index (χ2v) is 8.30. The maximum Gasteiger partial charge on any atom is 0.0198 e. The molecule has 0 bridgehead atoms. The molecular weight excluding hydrogens is 268 g/mol. The van der Waals surface area contributed by atoms with Gasteiger partial charge in [-0.05, 0) is 52.0 Å². The Morgan fingerprint density at radius 3 is 2.14 bits per heavy atom. The molecule has 1 heterocycles. The molecule has 0 aromatic rings. The van der Waals surface area contributed by atoms with E-state index in [1.54, 1.807) is 0 Å². The summed E-state index contributed by atoms with van der Waals surface area (Å²) in [4.78, 5) is 5.37.